The SMILES string of the molecule is c1ccc(-c2cc(-c3ccc4sc5ccccc5c4c3)ccn2)cc1. The maximum absolute atomic E-state index is 4.54. The molecular weight excluding hydrogens is 322 g/mol. The van der Waals surface area contributed by atoms with Crippen molar-refractivity contribution in [2.45, 2.75) is 0 Å². The molecular formula is C23H15NS. The number of hydrogen-bond acceptors (Lipinski definition) is 2. The normalized spacial score (nSPS) is 11.2. The second-order valence-electron chi connectivity index (χ2n) is 6.10. The highest BCUT2D eigenvalue weighted by atomic mass is 32.1. The number of benzene rings is 3. The molecule has 0 amide bonds. The van der Waals surface area contributed by atoms with Crippen molar-refractivity contribution in [3.63, 3.8) is 0 Å². The van der Waals surface area contributed by atoms with Crippen molar-refractivity contribution >= 4 is 31.5 Å². The van der Waals surface area contributed by atoms with Crippen LogP contribution in [0.15, 0.2) is 91.1 Å². The Hall–Kier alpha value is -2.97. The lowest BCUT2D eigenvalue weighted by Gasteiger charge is -2.06. The van der Waals surface area contributed by atoms with E-state index in [9.17, 15) is 0 Å². The number of nitrogens with zero attached hydrogens (tertiary/aromatic N) is 1. The highest BCUT2D eigenvalue weighted by Crippen LogP contribution is 2.36. The lowest BCUT2D eigenvalue weighted by atomic mass is 10.0. The second-order valence-corrected chi connectivity index (χ2v) is 7.19. The molecule has 2 heteroatoms. The van der Waals surface area contributed by atoms with Crippen LogP contribution in [-0.4, -0.2) is 4.98 Å². The molecule has 0 saturated heterocycles. The van der Waals surface area contributed by atoms with E-state index in [0.29, 0.717) is 0 Å². The summed E-state index contributed by atoms with van der Waals surface area (Å²) < 4.78 is 2.68. The third kappa shape index (κ3) is 2.51. The largest absolute Gasteiger partial charge is 0.256 e. The van der Waals surface area contributed by atoms with Gasteiger partial charge in [-0.05, 0) is 41.5 Å². The lowest BCUT2D eigenvalue weighted by molar-refractivity contribution is 1.33. The van der Waals surface area contributed by atoms with E-state index >= 15 is 0 Å². The molecule has 118 valence electrons. The molecule has 0 N–H and O–H groups in total. The van der Waals surface area contributed by atoms with E-state index in [2.05, 4.69) is 71.7 Å². The maximum atomic E-state index is 4.54. The van der Waals surface area contributed by atoms with Gasteiger partial charge in [0, 0.05) is 31.9 Å². The molecule has 0 aliphatic carbocycles. The fourth-order valence-corrected chi connectivity index (χ4v) is 4.37. The summed E-state index contributed by atoms with van der Waals surface area (Å²) in [4.78, 5) is 4.54. The molecule has 0 bridgehead atoms. The van der Waals surface area contributed by atoms with Crippen molar-refractivity contribution in [3.8, 4) is 22.4 Å². The highest BCUT2D eigenvalue weighted by molar-refractivity contribution is 7.25. The number of hydrogen-bond donors (Lipinski definition) is 0. The van der Waals surface area contributed by atoms with Crippen molar-refractivity contribution in [1.82, 2.24) is 4.98 Å². The molecule has 0 spiro atoms. The minimum absolute atomic E-state index is 1.01. The van der Waals surface area contributed by atoms with Crippen molar-refractivity contribution in [2.75, 3.05) is 0 Å². The van der Waals surface area contributed by atoms with Crippen molar-refractivity contribution < 1.29 is 0 Å². The quantitative estimate of drug-likeness (QED) is 0.346. The van der Waals surface area contributed by atoms with Gasteiger partial charge in [-0.1, -0.05) is 54.6 Å². The topological polar surface area (TPSA) is 12.9 Å². The first-order valence-corrected chi connectivity index (χ1v) is 9.13. The molecule has 25 heavy (non-hydrogen) atoms. The molecule has 5 aromatic rings. The van der Waals surface area contributed by atoms with E-state index < -0.39 is 0 Å². The minimum atomic E-state index is 1.01. The van der Waals surface area contributed by atoms with Gasteiger partial charge in [-0.15, -0.1) is 11.3 Å². The van der Waals surface area contributed by atoms with Crippen LogP contribution in [0.3, 0.4) is 0 Å². The van der Waals surface area contributed by atoms with E-state index in [1.807, 2.05) is 35.7 Å². The average molecular weight is 337 g/mol. The summed E-state index contributed by atoms with van der Waals surface area (Å²) in [5, 5.41) is 2.66. The fourth-order valence-electron chi connectivity index (χ4n) is 3.28. The van der Waals surface area contributed by atoms with Gasteiger partial charge in [0.15, 0.2) is 0 Å². The van der Waals surface area contributed by atoms with Gasteiger partial charge in [-0.2, -0.15) is 0 Å². The summed E-state index contributed by atoms with van der Waals surface area (Å²) in [5.41, 5.74) is 4.58. The average Bonchev–Trinajstić information content (AvgIpc) is 3.07. The first kappa shape index (κ1) is 14.4. The molecule has 0 aliphatic heterocycles. The summed E-state index contributed by atoms with van der Waals surface area (Å²) in [6, 6.07) is 30.0. The molecule has 2 aromatic heterocycles. The molecule has 0 unspecified atom stereocenters. The molecule has 3 aromatic carbocycles. The molecule has 1 nitrogen and oxygen atoms in total. The van der Waals surface area contributed by atoms with E-state index in [1.165, 1.54) is 31.3 Å². The summed E-state index contributed by atoms with van der Waals surface area (Å²) in [7, 11) is 0. The zero-order chi connectivity index (χ0) is 16.6. The highest BCUT2D eigenvalue weighted by Gasteiger charge is 2.07. The van der Waals surface area contributed by atoms with E-state index in [0.717, 1.165) is 11.3 Å². The Morgan fingerprint density at radius 1 is 0.560 bits per heavy atom. The molecule has 2 heterocycles. The van der Waals surface area contributed by atoms with Gasteiger partial charge in [-0.25, -0.2) is 0 Å². The van der Waals surface area contributed by atoms with Crippen LogP contribution in [-0.2, 0) is 0 Å². The number of rotatable bonds is 2. The maximum Gasteiger partial charge on any atom is 0.0708 e. The smallest absolute Gasteiger partial charge is 0.0708 e. The van der Waals surface area contributed by atoms with Crippen LogP contribution in [0.1, 0.15) is 0 Å². The van der Waals surface area contributed by atoms with Gasteiger partial charge in [-0.3, -0.25) is 4.98 Å². The Morgan fingerprint density at radius 3 is 2.24 bits per heavy atom. The summed E-state index contributed by atoms with van der Waals surface area (Å²) in [6.07, 6.45) is 1.90. The standard InChI is InChI=1S/C23H15NS/c1-2-6-16(7-3-1)21-15-18(12-13-24-21)17-10-11-23-20(14-17)19-8-4-5-9-22(19)25-23/h1-15H. The van der Waals surface area contributed by atoms with Crippen molar-refractivity contribution in [3.05, 3.63) is 91.1 Å². The van der Waals surface area contributed by atoms with Gasteiger partial charge in [0.25, 0.3) is 0 Å². The third-order valence-corrected chi connectivity index (χ3v) is 5.69. The number of fused-ring (bicyclic) bond motifs is 3. The molecule has 0 fully saturated rings. The van der Waals surface area contributed by atoms with Crippen LogP contribution in [0.4, 0.5) is 0 Å². The van der Waals surface area contributed by atoms with E-state index in [-0.39, 0.29) is 0 Å². The van der Waals surface area contributed by atoms with Crippen LogP contribution >= 0.6 is 11.3 Å². The summed E-state index contributed by atoms with van der Waals surface area (Å²) >= 11 is 1.85. The molecule has 5 rings (SSSR count). The van der Waals surface area contributed by atoms with Gasteiger partial charge >= 0.3 is 0 Å². The monoisotopic (exact) mass is 337 g/mol. The summed E-state index contributed by atoms with van der Waals surface area (Å²) in [6.45, 7) is 0. The first-order valence-electron chi connectivity index (χ1n) is 8.32. The van der Waals surface area contributed by atoms with Gasteiger partial charge < -0.3 is 0 Å². The Balaban J connectivity index is 1.67. The summed E-state index contributed by atoms with van der Waals surface area (Å²) in [5.74, 6) is 0. The number of thiophene rings is 1. The molecule has 0 aliphatic rings. The zero-order valence-electron chi connectivity index (χ0n) is 13.5. The number of pyridine rings is 1. The van der Waals surface area contributed by atoms with Crippen LogP contribution in [0.2, 0.25) is 0 Å². The molecule has 0 saturated carbocycles. The minimum Gasteiger partial charge on any atom is -0.256 e. The Bertz CT molecular complexity index is 1190. The Kier molecular flexibility index (Phi) is 3.36. The molecule has 0 radical (unpaired) electrons. The van der Waals surface area contributed by atoms with Crippen molar-refractivity contribution in [2.24, 2.45) is 0 Å². The van der Waals surface area contributed by atoms with Crippen LogP contribution < -0.4 is 0 Å². The Labute approximate surface area is 150 Å². The van der Waals surface area contributed by atoms with E-state index in [4.69, 9.17) is 0 Å². The first-order chi connectivity index (χ1) is 12.4. The van der Waals surface area contributed by atoms with E-state index in [1.54, 1.807) is 0 Å². The lowest BCUT2D eigenvalue weighted by Crippen LogP contribution is -1.85. The second kappa shape index (κ2) is 5.83. The van der Waals surface area contributed by atoms with Gasteiger partial charge in [0.05, 0.1) is 5.69 Å². The van der Waals surface area contributed by atoms with Gasteiger partial charge in [0.2, 0.25) is 0 Å². The van der Waals surface area contributed by atoms with Gasteiger partial charge in [0.1, 0.15) is 0 Å². The van der Waals surface area contributed by atoms with Crippen LogP contribution in [0.25, 0.3) is 42.6 Å². The van der Waals surface area contributed by atoms with Crippen LogP contribution in [0.5, 0.6) is 0 Å². The zero-order valence-corrected chi connectivity index (χ0v) is 14.3. The molecule has 0 atom stereocenters. The third-order valence-electron chi connectivity index (χ3n) is 4.54. The predicted molar refractivity (Wildman–Crippen MR) is 108 cm³/mol. The van der Waals surface area contributed by atoms with Crippen molar-refractivity contribution in [1.29, 1.82) is 0 Å². The predicted octanol–water partition coefficient (Wildman–Crippen LogP) is 6.78. The fraction of sp³-hybridized carbons (Fsp3) is 0. The van der Waals surface area contributed by atoms with Crippen LogP contribution in [0, 0.1) is 0 Å². The Morgan fingerprint density at radius 2 is 1.32 bits per heavy atom. The number of aromatic nitrogens is 1.